The zero-order valence-corrected chi connectivity index (χ0v) is 83.6. The minimum atomic E-state index is -2.45. The van der Waals surface area contributed by atoms with Crippen LogP contribution in [0.4, 0.5) is 22.7 Å². The van der Waals surface area contributed by atoms with Gasteiger partial charge in [-0.3, -0.25) is 24.1 Å². The summed E-state index contributed by atoms with van der Waals surface area (Å²) in [4.78, 5) is 84.3. The van der Waals surface area contributed by atoms with Gasteiger partial charge in [0.25, 0.3) is 0 Å². The Bertz CT molecular complexity index is 5890. The fourth-order valence-electron chi connectivity index (χ4n) is 18.1. The summed E-state index contributed by atoms with van der Waals surface area (Å²) in [6.45, 7) is 8.89. The van der Waals surface area contributed by atoms with E-state index >= 15 is 0 Å². The van der Waals surface area contributed by atoms with Crippen LogP contribution in [0.1, 0.15) is 236 Å². The number of tetrazole rings is 1. The second-order valence-electron chi connectivity index (χ2n) is 35.5. The molecule has 17 rings (SSSR count). The number of benzene rings is 7. The number of rotatable bonds is 41. The minimum Gasteiger partial charge on any atom is -0.411 e. The molecule has 6 N–H and O–H groups in total. The van der Waals surface area contributed by atoms with Gasteiger partial charge < -0.3 is 39.9 Å². The van der Waals surface area contributed by atoms with E-state index < -0.39 is 18.7 Å². The molecule has 0 radical (unpaired) electrons. The zero-order chi connectivity index (χ0) is 97.3. The van der Waals surface area contributed by atoms with Crippen LogP contribution in [-0.4, -0.2) is 150 Å². The second-order valence-corrected chi connectivity index (χ2v) is 47.8. The van der Waals surface area contributed by atoms with Gasteiger partial charge in [0.2, 0.25) is 23.0 Å². The van der Waals surface area contributed by atoms with Crippen LogP contribution >= 0.6 is 11.6 Å². The van der Waals surface area contributed by atoms with Crippen LogP contribution < -0.4 is 45.5 Å². The van der Waals surface area contributed by atoms with Crippen LogP contribution in [0.5, 0.6) is 0 Å². The van der Waals surface area contributed by atoms with E-state index in [9.17, 15) is 29.6 Å². The first-order valence-electron chi connectivity index (χ1n) is 48.8. The van der Waals surface area contributed by atoms with E-state index in [0.717, 1.165) is 121 Å². The normalized spacial score (nSPS) is 13.8. The number of unbranched alkanes of at least 4 members (excludes halogenated alkanes) is 3. The summed E-state index contributed by atoms with van der Waals surface area (Å²) in [5.41, 5.74) is 23.7. The molecule has 4 saturated carbocycles. The summed E-state index contributed by atoms with van der Waals surface area (Å²) in [6, 6.07) is 56.6. The Morgan fingerprint density at radius 2 is 0.920 bits per heavy atom. The van der Waals surface area contributed by atoms with E-state index in [1.54, 1.807) is 45.6 Å². The van der Waals surface area contributed by atoms with Crippen molar-refractivity contribution in [1.29, 1.82) is 10.5 Å². The molecule has 5 aromatic heterocycles. The van der Waals surface area contributed by atoms with E-state index in [1.807, 2.05) is 158 Å². The molecule has 0 saturated heterocycles. The summed E-state index contributed by atoms with van der Waals surface area (Å²) in [5.74, 6) is 3.96. The third kappa shape index (κ3) is 33.4. The Kier molecular flexibility index (Phi) is 44.1. The number of aliphatic hydroxyl groups is 1. The number of anilines is 4. The number of H-pyrrole nitrogens is 1. The number of azide groups is 1. The van der Waals surface area contributed by atoms with Crippen molar-refractivity contribution in [2.24, 2.45) is 32.2 Å². The molecule has 36 heteroatoms. The van der Waals surface area contributed by atoms with Crippen molar-refractivity contribution in [1.82, 2.24) is 71.4 Å². The SMILES string of the molecule is CCC[CH2][Sn]([CH2]CCC)([CH2]CCC)[N]=[N+]=[N-].CO.N#CCN(C(=O)CCC1CCCC1)c1ccc2c(cnn2OCc2ccccc2)c1.N#CCNc1ccc2c(cnn2OCc2ccccc2)c1.O=C(CCC1CCCC1)N(CC1=[N+]=NNN1)c1ccc2c(cnn2O)c1.O=C(CCC1CCCC1)N(Cc1nn[nH]n1)c1ccc2c(cnn2OCc2ccccc2)c1.O=C(Cl)CCC1CCCC1. The van der Waals surface area contributed by atoms with Crippen molar-refractivity contribution in [3.05, 3.63) is 222 Å². The van der Waals surface area contributed by atoms with Gasteiger partial charge in [0.1, 0.15) is 61.5 Å². The molecule has 6 heterocycles. The van der Waals surface area contributed by atoms with Crippen molar-refractivity contribution in [2.45, 2.75) is 253 Å². The number of amidine groups is 1. The molecule has 730 valence electrons. The van der Waals surface area contributed by atoms with Gasteiger partial charge in [-0.25, -0.2) is 0 Å². The molecular weight excluding hydrogens is 1870 g/mol. The molecule has 12 aromatic rings. The van der Waals surface area contributed by atoms with Crippen LogP contribution in [0.3, 0.4) is 0 Å². The number of aliphatic hydroxyl groups excluding tert-OH is 1. The molecule has 0 bridgehead atoms. The van der Waals surface area contributed by atoms with Gasteiger partial charge >= 0.3 is 111 Å². The van der Waals surface area contributed by atoms with Crippen molar-refractivity contribution >= 4 is 125 Å². The van der Waals surface area contributed by atoms with Gasteiger partial charge in [-0.15, -0.1) is 45.7 Å². The monoisotopic (exact) mass is 2010 g/mol. The molecule has 0 atom stereocenters. The molecular formula is C102H133ClN25O9Sn+. The van der Waals surface area contributed by atoms with Crippen molar-refractivity contribution < 1.29 is 48.8 Å². The molecule has 4 aliphatic carbocycles. The third-order valence-electron chi connectivity index (χ3n) is 25.7. The number of hydrogen-bond acceptors (Lipinski definition) is 23. The Labute approximate surface area is 816 Å². The number of nitrogens with zero attached hydrogens (tertiary/aromatic N) is 21. The van der Waals surface area contributed by atoms with Crippen LogP contribution in [0.2, 0.25) is 13.3 Å². The Morgan fingerprint density at radius 3 is 1.31 bits per heavy atom. The van der Waals surface area contributed by atoms with Crippen molar-refractivity contribution in [2.75, 3.05) is 46.8 Å². The number of fused-ring (bicyclic) bond motifs is 4. The van der Waals surface area contributed by atoms with Gasteiger partial charge in [0.15, 0.2) is 11.0 Å². The van der Waals surface area contributed by atoms with Crippen molar-refractivity contribution in [3.63, 3.8) is 0 Å². The summed E-state index contributed by atoms with van der Waals surface area (Å²) in [6.07, 6.45) is 40.5. The van der Waals surface area contributed by atoms with Crippen LogP contribution in [0, 0.1) is 46.3 Å². The van der Waals surface area contributed by atoms with E-state index in [1.165, 1.54) is 169 Å². The predicted molar refractivity (Wildman–Crippen MR) is 538 cm³/mol. The van der Waals surface area contributed by atoms with Gasteiger partial charge in [0.05, 0.1) is 43.5 Å². The first-order chi connectivity index (χ1) is 67.6. The van der Waals surface area contributed by atoms with Crippen molar-refractivity contribution in [3.8, 4) is 12.1 Å². The predicted octanol–water partition coefficient (Wildman–Crippen LogP) is 20.4. The topological polar surface area (TPSA) is 431 Å². The number of hydrazine groups is 1. The number of aromatic amines is 1. The maximum absolute atomic E-state index is 13.2. The Balaban J connectivity index is 0.000000163. The second kappa shape index (κ2) is 57.8. The molecule has 4 fully saturated rings. The van der Waals surface area contributed by atoms with E-state index in [-0.39, 0.29) is 42.6 Å². The number of halogens is 1. The van der Waals surface area contributed by atoms with Crippen LogP contribution in [0.15, 0.2) is 197 Å². The fourth-order valence-corrected chi connectivity index (χ4v) is 30.4. The molecule has 34 nitrogen and oxygen atoms in total. The minimum absolute atomic E-state index is 0.00974. The standard InChI is InChI=1S/C24H27N7O2.C24H26N4O2.C17H21N7O2.C16H14N4O.C8H13ClO.3C4H9.CH4O.N3.Sn/c32-24(13-10-18-6-4-5-7-18)30(16-23-26-28-29-27-23)21-11-12-22-20(14-21)15-25-31(22)33-17-19-8-2-1-3-9-19;25-14-15-27(24(29)13-10-19-6-4-5-7-19)22-11-12-23-21(16-22)17-26-28(23)30-18-20-8-2-1-3-9-20;25-17(8-5-12-3-1-2-4-12)23(11-16-19-21-22-20-16)14-6-7-15-13(9-14)10-18-24(15)26;17-8-9-18-15-6-7-16-14(10-15)11-19-20(16)21-12-13-4-2-1-3-5-13;9-8(10)6-5-7-3-1-2-4-7;3*1-3-4-2;1-2;1-3-2;/h1-3,8-9,11-12,14-15,18H,4-7,10,13,16-17H2,(H,26,27,28,29);1-3,8-9,11-12,16-17,19H,4-7,10,13,15,18H2;6-7,9-10,12,26H,1-5,8,11H2,(H,19,20,21,22);1-7,10-11,18H,9,12H2;7H,1-6H2;3*1,3-4H2,2H3;2H,1H3;;/q;;;;;;;;;-1;+1/p+1. The number of hydrogen-bond donors (Lipinski definition) is 6. The number of carbonyl (C=O) groups excluding carboxylic acids is 4. The molecule has 7 aromatic carbocycles. The molecule has 0 spiro atoms. The van der Waals surface area contributed by atoms with Crippen LogP contribution in [-0.2, 0) is 45.5 Å². The largest absolute Gasteiger partial charge is 0.411 e. The average molecular weight is 2010 g/mol. The van der Waals surface area contributed by atoms with E-state index in [2.05, 4.69) is 108 Å². The Morgan fingerprint density at radius 1 is 0.529 bits per heavy atom. The van der Waals surface area contributed by atoms with Gasteiger partial charge in [-0.2, -0.15) is 15.7 Å². The maximum Gasteiger partial charge on any atom is 0.368 e. The quantitative estimate of drug-likeness (QED) is 0.00394. The van der Waals surface area contributed by atoms with E-state index in [0.29, 0.717) is 87.0 Å². The van der Waals surface area contributed by atoms with Gasteiger partial charge in [-0.05, 0) is 150 Å². The maximum atomic E-state index is 13.2. The molecule has 0 unspecified atom stereocenters. The molecule has 1 aliphatic heterocycles. The number of carbonyl (C=O) groups is 4. The average Bonchev–Trinajstić information content (AvgIpc) is 1.65. The number of nitriles is 2. The summed E-state index contributed by atoms with van der Waals surface area (Å²) in [7, 11) is 1.00. The van der Waals surface area contributed by atoms with Gasteiger partial charge in [0, 0.05) is 77.1 Å². The third-order valence-corrected chi connectivity index (χ3v) is 38.4. The number of aromatic nitrogens is 12. The smallest absolute Gasteiger partial charge is 0.368 e. The zero-order valence-electron chi connectivity index (χ0n) is 80.0. The summed E-state index contributed by atoms with van der Waals surface area (Å²) >= 11 is 2.77. The first-order valence-corrected chi connectivity index (χ1v) is 56.5. The Hall–Kier alpha value is -13.1. The van der Waals surface area contributed by atoms with E-state index in [4.69, 9.17) is 42.0 Å². The van der Waals surface area contributed by atoms with Gasteiger partial charge in [-0.1, -0.05) is 219 Å². The number of amides is 3. The molecule has 5 aliphatic rings. The summed E-state index contributed by atoms with van der Waals surface area (Å²) < 4.78 is 8.18. The fraction of sp³-hybridized carbons (Fsp3) is 0.471. The van der Waals surface area contributed by atoms with Crippen LogP contribution in [0.25, 0.3) is 54.1 Å². The molecule has 3 amide bonds. The first kappa shape index (κ1) is 105. The molecule has 138 heavy (non-hydrogen) atoms. The summed E-state index contributed by atoms with van der Waals surface area (Å²) in [5, 5.41) is 75.4. The number of nitrogens with one attached hydrogen (secondary N) is 4.